The van der Waals surface area contributed by atoms with Crippen LogP contribution in [0.2, 0.25) is 0 Å². The van der Waals surface area contributed by atoms with Crippen LogP contribution in [0.4, 0.5) is 0 Å². The Morgan fingerprint density at radius 3 is 2.76 bits per heavy atom. The largest absolute Gasteiger partial charge is 0.371 e. The second-order valence-electron chi connectivity index (χ2n) is 7.72. The summed E-state index contributed by atoms with van der Waals surface area (Å²) in [4.78, 5) is 34.4. The van der Waals surface area contributed by atoms with E-state index in [9.17, 15) is 9.59 Å². The van der Waals surface area contributed by atoms with Crippen LogP contribution in [-0.4, -0.2) is 58.5 Å². The molecule has 1 aromatic heterocycles. The molecule has 0 aromatic carbocycles. The molecule has 3 heterocycles. The van der Waals surface area contributed by atoms with Crippen molar-refractivity contribution >= 4 is 11.8 Å². The third kappa shape index (κ3) is 3.66. The van der Waals surface area contributed by atoms with E-state index in [-0.39, 0.29) is 23.3 Å². The van der Waals surface area contributed by atoms with Crippen molar-refractivity contribution in [3.63, 3.8) is 0 Å². The van der Waals surface area contributed by atoms with Crippen molar-refractivity contribution < 1.29 is 14.3 Å². The van der Waals surface area contributed by atoms with Gasteiger partial charge in [-0.3, -0.25) is 14.6 Å². The lowest BCUT2D eigenvalue weighted by Gasteiger charge is -2.47. The second-order valence-corrected chi connectivity index (χ2v) is 7.72. The average Bonchev–Trinajstić information content (AvgIpc) is 3.30. The molecule has 134 valence electrons. The molecule has 1 unspecified atom stereocenters. The maximum absolute atomic E-state index is 12.4. The number of carbonyl (C=O) groups is 2. The fourth-order valence-electron chi connectivity index (χ4n) is 3.66. The number of nitrogens with one attached hydrogen (secondary N) is 1. The van der Waals surface area contributed by atoms with Crippen LogP contribution in [0.5, 0.6) is 0 Å². The number of likely N-dealkylation sites (tertiary alicyclic amines) is 1. The highest BCUT2D eigenvalue weighted by atomic mass is 16.5. The number of amides is 2. The standard InChI is InChI=1S/C18H24N4O3/c1-12-6-20-15(8-19-12)17(24)22-10-18(11-22)5-14(9-25-18)4-16(23)21-7-13-2-3-13/h6,8,13-14H,2-5,7,9-11H2,1H3,(H,21,23). The summed E-state index contributed by atoms with van der Waals surface area (Å²) < 4.78 is 5.95. The Bertz CT molecular complexity index is 665. The summed E-state index contributed by atoms with van der Waals surface area (Å²) in [6, 6.07) is 0. The van der Waals surface area contributed by atoms with Crippen LogP contribution < -0.4 is 5.32 Å². The number of carbonyl (C=O) groups excluding carboxylic acids is 2. The molecule has 0 bridgehead atoms. The van der Waals surface area contributed by atoms with Gasteiger partial charge in [0.05, 0.1) is 31.6 Å². The third-order valence-corrected chi connectivity index (χ3v) is 5.29. The van der Waals surface area contributed by atoms with Gasteiger partial charge in [0.1, 0.15) is 11.3 Å². The van der Waals surface area contributed by atoms with Crippen molar-refractivity contribution in [1.82, 2.24) is 20.2 Å². The van der Waals surface area contributed by atoms with Crippen LogP contribution in [0.3, 0.4) is 0 Å². The van der Waals surface area contributed by atoms with Crippen molar-refractivity contribution in [1.29, 1.82) is 0 Å². The first kappa shape index (κ1) is 16.4. The summed E-state index contributed by atoms with van der Waals surface area (Å²) in [6.45, 7) is 4.40. The van der Waals surface area contributed by atoms with Crippen molar-refractivity contribution in [2.24, 2.45) is 11.8 Å². The Balaban J connectivity index is 1.24. The molecule has 1 N–H and O–H groups in total. The molecule has 2 amide bonds. The zero-order chi connectivity index (χ0) is 17.4. The lowest BCUT2D eigenvalue weighted by atomic mass is 9.85. The zero-order valence-corrected chi connectivity index (χ0v) is 14.5. The van der Waals surface area contributed by atoms with Crippen molar-refractivity contribution in [3.05, 3.63) is 23.8 Å². The molecule has 1 spiro atoms. The summed E-state index contributed by atoms with van der Waals surface area (Å²) in [5.41, 5.74) is 0.892. The van der Waals surface area contributed by atoms with E-state index in [2.05, 4.69) is 15.3 Å². The highest BCUT2D eigenvalue weighted by molar-refractivity contribution is 5.92. The van der Waals surface area contributed by atoms with Crippen LogP contribution >= 0.6 is 0 Å². The summed E-state index contributed by atoms with van der Waals surface area (Å²) in [7, 11) is 0. The number of rotatable bonds is 5. The van der Waals surface area contributed by atoms with Gasteiger partial charge >= 0.3 is 0 Å². The Morgan fingerprint density at radius 2 is 2.08 bits per heavy atom. The van der Waals surface area contributed by atoms with Crippen LogP contribution in [0, 0.1) is 18.8 Å². The van der Waals surface area contributed by atoms with Gasteiger partial charge in [0.25, 0.3) is 5.91 Å². The lowest BCUT2D eigenvalue weighted by molar-refractivity contribution is -0.122. The number of nitrogens with zero attached hydrogens (tertiary/aromatic N) is 3. The fraction of sp³-hybridized carbons (Fsp3) is 0.667. The fourth-order valence-corrected chi connectivity index (χ4v) is 3.66. The molecule has 1 atom stereocenters. The number of aryl methyl sites for hydroxylation is 1. The van der Waals surface area contributed by atoms with Crippen LogP contribution in [-0.2, 0) is 9.53 Å². The highest BCUT2D eigenvalue weighted by Crippen LogP contribution is 2.39. The van der Waals surface area contributed by atoms with E-state index < -0.39 is 0 Å². The molecule has 7 heteroatoms. The highest BCUT2D eigenvalue weighted by Gasteiger charge is 2.51. The maximum Gasteiger partial charge on any atom is 0.274 e. The average molecular weight is 344 g/mol. The normalized spacial score (nSPS) is 24.2. The summed E-state index contributed by atoms with van der Waals surface area (Å²) in [5, 5.41) is 3.01. The molecule has 1 aromatic rings. The van der Waals surface area contributed by atoms with Gasteiger partial charge < -0.3 is 15.0 Å². The third-order valence-electron chi connectivity index (χ3n) is 5.29. The minimum absolute atomic E-state index is 0.104. The van der Waals surface area contributed by atoms with E-state index in [1.165, 1.54) is 19.0 Å². The molecule has 25 heavy (non-hydrogen) atoms. The topological polar surface area (TPSA) is 84.4 Å². The molecule has 3 fully saturated rings. The molecule has 0 radical (unpaired) electrons. The zero-order valence-electron chi connectivity index (χ0n) is 14.5. The minimum atomic E-state index is -0.269. The monoisotopic (exact) mass is 344 g/mol. The molecule has 1 saturated carbocycles. The predicted octanol–water partition coefficient (Wildman–Crippen LogP) is 0.932. The number of hydrogen-bond acceptors (Lipinski definition) is 5. The molecular weight excluding hydrogens is 320 g/mol. The maximum atomic E-state index is 12.4. The quantitative estimate of drug-likeness (QED) is 0.859. The summed E-state index contributed by atoms with van der Waals surface area (Å²) >= 11 is 0. The van der Waals surface area contributed by atoms with Gasteiger partial charge in [-0.05, 0) is 38.0 Å². The van der Waals surface area contributed by atoms with Gasteiger partial charge in [0.15, 0.2) is 0 Å². The van der Waals surface area contributed by atoms with Crippen LogP contribution in [0.25, 0.3) is 0 Å². The van der Waals surface area contributed by atoms with Gasteiger partial charge in [0, 0.05) is 19.2 Å². The van der Waals surface area contributed by atoms with E-state index in [0.29, 0.717) is 37.7 Å². The van der Waals surface area contributed by atoms with Crippen molar-refractivity contribution in [3.8, 4) is 0 Å². The number of ether oxygens (including phenoxy) is 1. The van der Waals surface area contributed by atoms with Crippen LogP contribution in [0.1, 0.15) is 41.9 Å². The minimum Gasteiger partial charge on any atom is -0.371 e. The molecule has 7 nitrogen and oxygen atoms in total. The predicted molar refractivity (Wildman–Crippen MR) is 89.8 cm³/mol. The van der Waals surface area contributed by atoms with E-state index in [0.717, 1.165) is 18.7 Å². The molecule has 3 aliphatic rings. The van der Waals surface area contributed by atoms with Crippen molar-refractivity contribution in [2.75, 3.05) is 26.2 Å². The second kappa shape index (κ2) is 6.37. The first-order valence-electron chi connectivity index (χ1n) is 9.02. The molecule has 1 aliphatic carbocycles. The number of hydrogen-bond donors (Lipinski definition) is 1. The Kier molecular flexibility index (Phi) is 4.19. The molecule has 2 aliphatic heterocycles. The van der Waals surface area contributed by atoms with Gasteiger partial charge in [-0.2, -0.15) is 0 Å². The van der Waals surface area contributed by atoms with E-state index in [1.807, 2.05) is 6.92 Å². The summed E-state index contributed by atoms with van der Waals surface area (Å²) in [6.07, 6.45) is 6.96. The Labute approximate surface area is 147 Å². The molecule has 4 rings (SSSR count). The number of aromatic nitrogens is 2. The van der Waals surface area contributed by atoms with Crippen molar-refractivity contribution in [2.45, 2.75) is 38.2 Å². The Hall–Kier alpha value is -2.02. The van der Waals surface area contributed by atoms with E-state index in [4.69, 9.17) is 4.74 Å². The molecule has 2 saturated heterocycles. The van der Waals surface area contributed by atoms with Gasteiger partial charge in [0.2, 0.25) is 5.91 Å². The lowest BCUT2D eigenvalue weighted by Crippen LogP contribution is -2.63. The first-order valence-corrected chi connectivity index (χ1v) is 9.02. The summed E-state index contributed by atoms with van der Waals surface area (Å²) in [5.74, 6) is 0.967. The smallest absolute Gasteiger partial charge is 0.274 e. The van der Waals surface area contributed by atoms with E-state index >= 15 is 0 Å². The van der Waals surface area contributed by atoms with Crippen LogP contribution in [0.15, 0.2) is 12.4 Å². The van der Waals surface area contributed by atoms with Gasteiger partial charge in [-0.25, -0.2) is 4.98 Å². The van der Waals surface area contributed by atoms with E-state index in [1.54, 1.807) is 11.1 Å². The first-order chi connectivity index (χ1) is 12.0. The molecular formula is C18H24N4O3. The Morgan fingerprint density at radius 1 is 1.28 bits per heavy atom. The van der Waals surface area contributed by atoms with Gasteiger partial charge in [-0.15, -0.1) is 0 Å². The SMILES string of the molecule is Cc1cnc(C(=O)N2CC3(CC(CC(=O)NCC4CC4)CO3)C2)cn1. The van der Waals surface area contributed by atoms with Gasteiger partial charge in [-0.1, -0.05) is 0 Å².